The van der Waals surface area contributed by atoms with Gasteiger partial charge in [-0.05, 0) is 24.6 Å². The number of nitrogens with two attached hydrogens (primary N) is 1. The van der Waals surface area contributed by atoms with Gasteiger partial charge in [0, 0.05) is 0 Å². The first-order chi connectivity index (χ1) is 9.06. The molecule has 0 saturated heterocycles. The van der Waals surface area contributed by atoms with E-state index in [-0.39, 0.29) is 5.95 Å². The Kier molecular flexibility index (Phi) is 3.42. The van der Waals surface area contributed by atoms with Gasteiger partial charge in [0.2, 0.25) is 5.95 Å². The quantitative estimate of drug-likeness (QED) is 0.455. The summed E-state index contributed by atoms with van der Waals surface area (Å²) < 4.78 is 0. The maximum atomic E-state index is 11.6. The van der Waals surface area contributed by atoms with Crippen molar-refractivity contribution in [3.8, 4) is 0 Å². The molecule has 8 heteroatoms. The molecular weight excluding hydrogens is 248 g/mol. The standard InChI is InChI=1S/C11H12N6O2/c1-6-2-3-8(7(12)4-6)15-9(18)10(19)16-11-13-5-14-17-11/h2-5H,12H2,1H3,(H,15,18)(H2,13,14,16,17,19). The second-order valence-electron chi connectivity index (χ2n) is 3.83. The molecule has 0 atom stereocenters. The van der Waals surface area contributed by atoms with Crippen molar-refractivity contribution in [1.82, 2.24) is 15.2 Å². The second kappa shape index (κ2) is 5.17. The fourth-order valence-electron chi connectivity index (χ4n) is 1.41. The summed E-state index contributed by atoms with van der Waals surface area (Å²) in [5.74, 6) is -1.61. The first-order valence-corrected chi connectivity index (χ1v) is 5.40. The summed E-state index contributed by atoms with van der Waals surface area (Å²) in [4.78, 5) is 26.8. The average molecular weight is 260 g/mol. The van der Waals surface area contributed by atoms with Crippen molar-refractivity contribution in [2.24, 2.45) is 0 Å². The predicted molar refractivity (Wildman–Crippen MR) is 69.2 cm³/mol. The van der Waals surface area contributed by atoms with Crippen LogP contribution in [0, 0.1) is 6.92 Å². The van der Waals surface area contributed by atoms with Gasteiger partial charge >= 0.3 is 11.8 Å². The van der Waals surface area contributed by atoms with Crippen LogP contribution < -0.4 is 16.4 Å². The highest BCUT2D eigenvalue weighted by atomic mass is 16.2. The van der Waals surface area contributed by atoms with Gasteiger partial charge in [-0.2, -0.15) is 10.1 Å². The van der Waals surface area contributed by atoms with Gasteiger partial charge in [0.15, 0.2) is 0 Å². The number of anilines is 3. The fraction of sp³-hybridized carbons (Fsp3) is 0.0909. The van der Waals surface area contributed by atoms with E-state index in [1.807, 2.05) is 6.92 Å². The van der Waals surface area contributed by atoms with Gasteiger partial charge in [-0.15, -0.1) is 0 Å². The Morgan fingerprint density at radius 3 is 2.63 bits per heavy atom. The molecule has 1 aromatic heterocycles. The van der Waals surface area contributed by atoms with Crippen molar-refractivity contribution in [3.05, 3.63) is 30.1 Å². The number of carbonyl (C=O) groups is 2. The van der Waals surface area contributed by atoms with Gasteiger partial charge in [0.25, 0.3) is 0 Å². The summed E-state index contributed by atoms with van der Waals surface area (Å²) in [6.45, 7) is 1.87. The predicted octanol–water partition coefficient (Wildman–Crippen LogP) is 0.273. The van der Waals surface area contributed by atoms with E-state index < -0.39 is 11.8 Å². The minimum Gasteiger partial charge on any atom is -0.397 e. The number of nitrogen functional groups attached to an aromatic ring is 1. The van der Waals surface area contributed by atoms with E-state index in [1.165, 1.54) is 6.33 Å². The third-order valence-electron chi connectivity index (χ3n) is 2.31. The van der Waals surface area contributed by atoms with Crippen molar-refractivity contribution >= 4 is 29.1 Å². The van der Waals surface area contributed by atoms with Crippen LogP contribution in [0.4, 0.5) is 17.3 Å². The maximum Gasteiger partial charge on any atom is 0.316 e. The fourth-order valence-corrected chi connectivity index (χ4v) is 1.41. The summed E-state index contributed by atoms with van der Waals surface area (Å²) in [5.41, 5.74) is 7.46. The van der Waals surface area contributed by atoms with Crippen LogP contribution in [0.25, 0.3) is 0 Å². The molecule has 1 aromatic carbocycles. The molecule has 0 aliphatic heterocycles. The van der Waals surface area contributed by atoms with E-state index in [9.17, 15) is 9.59 Å². The van der Waals surface area contributed by atoms with Crippen molar-refractivity contribution in [2.45, 2.75) is 6.92 Å². The Balaban J connectivity index is 2.02. The lowest BCUT2D eigenvalue weighted by Crippen LogP contribution is -2.29. The van der Waals surface area contributed by atoms with Gasteiger partial charge in [-0.3, -0.25) is 14.9 Å². The topological polar surface area (TPSA) is 126 Å². The van der Waals surface area contributed by atoms with E-state index in [2.05, 4.69) is 25.8 Å². The van der Waals surface area contributed by atoms with Gasteiger partial charge in [-0.25, -0.2) is 5.10 Å². The summed E-state index contributed by atoms with van der Waals surface area (Å²) in [5, 5.41) is 10.6. The highest BCUT2D eigenvalue weighted by Gasteiger charge is 2.16. The number of nitrogens with one attached hydrogen (secondary N) is 3. The number of H-pyrrole nitrogens is 1. The van der Waals surface area contributed by atoms with E-state index in [0.717, 1.165) is 5.56 Å². The maximum absolute atomic E-state index is 11.6. The number of rotatable bonds is 2. The molecule has 2 aromatic rings. The van der Waals surface area contributed by atoms with Crippen molar-refractivity contribution < 1.29 is 9.59 Å². The highest BCUT2D eigenvalue weighted by molar-refractivity contribution is 6.43. The van der Waals surface area contributed by atoms with E-state index in [0.29, 0.717) is 11.4 Å². The smallest absolute Gasteiger partial charge is 0.316 e. The number of amides is 2. The molecule has 2 rings (SSSR count). The number of nitrogens with zero attached hydrogens (tertiary/aromatic N) is 2. The molecule has 0 spiro atoms. The minimum absolute atomic E-state index is 0.0945. The number of aryl methyl sites for hydroxylation is 1. The first kappa shape index (κ1) is 12.6. The Bertz CT molecular complexity index is 608. The van der Waals surface area contributed by atoms with Crippen molar-refractivity contribution in [1.29, 1.82) is 0 Å². The number of carbonyl (C=O) groups excluding carboxylic acids is 2. The van der Waals surface area contributed by atoms with Crippen LogP contribution in [0.5, 0.6) is 0 Å². The van der Waals surface area contributed by atoms with Crippen LogP contribution >= 0.6 is 0 Å². The zero-order chi connectivity index (χ0) is 13.8. The van der Waals surface area contributed by atoms with E-state index in [4.69, 9.17) is 5.73 Å². The first-order valence-electron chi connectivity index (χ1n) is 5.40. The van der Waals surface area contributed by atoms with Gasteiger partial charge in [0.05, 0.1) is 11.4 Å². The highest BCUT2D eigenvalue weighted by Crippen LogP contribution is 2.19. The third kappa shape index (κ3) is 3.06. The number of hydrogen-bond acceptors (Lipinski definition) is 5. The van der Waals surface area contributed by atoms with Crippen LogP contribution in [0.1, 0.15) is 5.56 Å². The summed E-state index contributed by atoms with van der Waals surface area (Å²) in [6.07, 6.45) is 1.21. The van der Waals surface area contributed by atoms with Crippen LogP contribution in [0.2, 0.25) is 0 Å². The van der Waals surface area contributed by atoms with Crippen molar-refractivity contribution in [3.63, 3.8) is 0 Å². The Morgan fingerprint density at radius 2 is 2.00 bits per heavy atom. The Labute approximate surface area is 108 Å². The Hall–Kier alpha value is -2.90. The zero-order valence-corrected chi connectivity index (χ0v) is 10.1. The lowest BCUT2D eigenvalue weighted by Gasteiger charge is -2.08. The molecular formula is C11H12N6O2. The van der Waals surface area contributed by atoms with Crippen LogP contribution in [0.15, 0.2) is 24.5 Å². The van der Waals surface area contributed by atoms with E-state index in [1.54, 1.807) is 18.2 Å². The molecule has 8 nitrogen and oxygen atoms in total. The van der Waals surface area contributed by atoms with Gasteiger partial charge in [-0.1, -0.05) is 6.07 Å². The molecule has 0 fully saturated rings. The van der Waals surface area contributed by atoms with Crippen molar-refractivity contribution in [2.75, 3.05) is 16.4 Å². The van der Waals surface area contributed by atoms with E-state index >= 15 is 0 Å². The molecule has 0 aliphatic rings. The number of hydrogen-bond donors (Lipinski definition) is 4. The summed E-state index contributed by atoms with van der Waals surface area (Å²) in [6, 6.07) is 5.11. The molecule has 0 aliphatic carbocycles. The lowest BCUT2D eigenvalue weighted by atomic mass is 10.2. The largest absolute Gasteiger partial charge is 0.397 e. The van der Waals surface area contributed by atoms with Gasteiger partial charge < -0.3 is 11.1 Å². The van der Waals surface area contributed by atoms with Crippen LogP contribution in [-0.2, 0) is 9.59 Å². The molecule has 98 valence electrons. The minimum atomic E-state index is -0.864. The number of aromatic amines is 1. The van der Waals surface area contributed by atoms with Gasteiger partial charge in [0.1, 0.15) is 6.33 Å². The SMILES string of the molecule is Cc1ccc(NC(=O)C(=O)Nc2ncn[nH]2)c(N)c1. The molecule has 0 bridgehead atoms. The molecule has 19 heavy (non-hydrogen) atoms. The van der Waals surface area contributed by atoms with Crippen LogP contribution in [0.3, 0.4) is 0 Å². The molecule has 2 amide bonds. The summed E-state index contributed by atoms with van der Waals surface area (Å²) >= 11 is 0. The normalized spacial score (nSPS) is 9.95. The second-order valence-corrected chi connectivity index (χ2v) is 3.83. The zero-order valence-electron chi connectivity index (χ0n) is 10.1. The molecule has 0 radical (unpaired) electrons. The molecule has 0 unspecified atom stereocenters. The lowest BCUT2D eigenvalue weighted by molar-refractivity contribution is -0.133. The Morgan fingerprint density at radius 1 is 1.26 bits per heavy atom. The number of aromatic nitrogens is 3. The summed E-state index contributed by atoms with van der Waals surface area (Å²) in [7, 11) is 0. The number of benzene rings is 1. The molecule has 5 N–H and O–H groups in total. The monoisotopic (exact) mass is 260 g/mol. The van der Waals surface area contributed by atoms with Crippen LogP contribution in [-0.4, -0.2) is 27.0 Å². The third-order valence-corrected chi connectivity index (χ3v) is 2.31. The average Bonchev–Trinajstić information content (AvgIpc) is 2.85. The molecule has 0 saturated carbocycles. The molecule has 1 heterocycles.